The monoisotopic (exact) mass is 235 g/mol. The third-order valence-electron chi connectivity index (χ3n) is 2.81. The summed E-state index contributed by atoms with van der Waals surface area (Å²) in [5.74, 6) is 0.225. The van der Waals surface area contributed by atoms with Crippen LogP contribution >= 0.6 is 0 Å². The zero-order chi connectivity index (χ0) is 12.3. The maximum Gasteiger partial charge on any atom is 0.257 e. The van der Waals surface area contributed by atoms with Crippen molar-refractivity contribution in [2.24, 2.45) is 0 Å². The smallest absolute Gasteiger partial charge is 0.257 e. The molecule has 0 aliphatic carbocycles. The normalized spacial score (nSPS) is 21.0. The van der Waals surface area contributed by atoms with E-state index in [-0.39, 0.29) is 17.8 Å². The Morgan fingerprint density at radius 3 is 3.24 bits per heavy atom. The molecule has 0 saturated carbocycles. The van der Waals surface area contributed by atoms with Crippen molar-refractivity contribution in [3.63, 3.8) is 0 Å². The van der Waals surface area contributed by atoms with E-state index in [4.69, 9.17) is 10.5 Å². The average molecular weight is 235 g/mol. The van der Waals surface area contributed by atoms with E-state index in [9.17, 15) is 4.79 Å². The van der Waals surface area contributed by atoms with E-state index >= 15 is 0 Å². The second-order valence-corrected chi connectivity index (χ2v) is 4.22. The molecule has 1 fully saturated rings. The van der Waals surface area contributed by atoms with Crippen molar-refractivity contribution >= 4 is 11.7 Å². The zero-order valence-electron chi connectivity index (χ0n) is 9.93. The van der Waals surface area contributed by atoms with E-state index in [1.807, 2.05) is 6.92 Å². The highest BCUT2D eigenvalue weighted by molar-refractivity contribution is 5.98. The Labute approximate surface area is 101 Å². The van der Waals surface area contributed by atoms with Crippen LogP contribution in [0.15, 0.2) is 18.3 Å². The molecule has 0 aromatic carbocycles. The highest BCUT2D eigenvalue weighted by Gasteiger charge is 2.22. The third-order valence-corrected chi connectivity index (χ3v) is 2.81. The Morgan fingerprint density at radius 1 is 1.65 bits per heavy atom. The van der Waals surface area contributed by atoms with Crippen molar-refractivity contribution in [2.75, 3.05) is 25.4 Å². The average Bonchev–Trinajstić information content (AvgIpc) is 2.54. The Balaban J connectivity index is 2.16. The van der Waals surface area contributed by atoms with E-state index in [0.29, 0.717) is 25.3 Å². The standard InChI is InChI=1S/C12H17N3O2/c1-9-8-15(6-3-7-17-9)12(16)10-4-2-5-14-11(10)13/h2,4-5,9H,3,6-8H2,1H3,(H2,13,14). The van der Waals surface area contributed by atoms with E-state index < -0.39 is 0 Å². The minimum Gasteiger partial charge on any atom is -0.383 e. The lowest BCUT2D eigenvalue weighted by atomic mass is 10.2. The first-order chi connectivity index (χ1) is 8.18. The first-order valence-electron chi connectivity index (χ1n) is 5.80. The van der Waals surface area contributed by atoms with Crippen LogP contribution < -0.4 is 5.73 Å². The molecule has 2 rings (SSSR count). The molecule has 2 N–H and O–H groups in total. The molecule has 1 amide bonds. The Hall–Kier alpha value is -1.62. The van der Waals surface area contributed by atoms with Gasteiger partial charge in [0, 0.05) is 25.9 Å². The number of nitrogen functional groups attached to an aromatic ring is 1. The second-order valence-electron chi connectivity index (χ2n) is 4.22. The number of carbonyl (C=O) groups is 1. The van der Waals surface area contributed by atoms with Crippen LogP contribution in [-0.2, 0) is 4.74 Å². The van der Waals surface area contributed by atoms with Crippen LogP contribution in [0.1, 0.15) is 23.7 Å². The molecular weight excluding hydrogens is 218 g/mol. The van der Waals surface area contributed by atoms with Crippen LogP contribution in [0, 0.1) is 0 Å². The Bertz CT molecular complexity index is 408. The lowest BCUT2D eigenvalue weighted by molar-refractivity contribution is 0.0563. The summed E-state index contributed by atoms with van der Waals surface area (Å²) in [6.07, 6.45) is 2.51. The number of anilines is 1. The van der Waals surface area contributed by atoms with Gasteiger partial charge in [-0.2, -0.15) is 0 Å². The van der Waals surface area contributed by atoms with Gasteiger partial charge in [-0.25, -0.2) is 4.98 Å². The lowest BCUT2D eigenvalue weighted by Gasteiger charge is -2.22. The first kappa shape index (κ1) is 11.9. The number of hydrogen-bond acceptors (Lipinski definition) is 4. The van der Waals surface area contributed by atoms with E-state index in [1.165, 1.54) is 0 Å². The highest BCUT2D eigenvalue weighted by Crippen LogP contribution is 2.14. The van der Waals surface area contributed by atoms with Crippen LogP contribution in [0.25, 0.3) is 0 Å². The second kappa shape index (κ2) is 5.14. The van der Waals surface area contributed by atoms with Gasteiger partial charge < -0.3 is 15.4 Å². The molecule has 5 nitrogen and oxygen atoms in total. The molecule has 0 bridgehead atoms. The maximum atomic E-state index is 12.3. The number of aromatic nitrogens is 1. The van der Waals surface area contributed by atoms with Crippen molar-refractivity contribution in [1.29, 1.82) is 0 Å². The summed E-state index contributed by atoms with van der Waals surface area (Å²) in [6, 6.07) is 3.43. The quantitative estimate of drug-likeness (QED) is 0.785. The fourth-order valence-electron chi connectivity index (χ4n) is 1.95. The first-order valence-corrected chi connectivity index (χ1v) is 5.80. The zero-order valence-corrected chi connectivity index (χ0v) is 9.93. The summed E-state index contributed by atoms with van der Waals surface area (Å²) in [4.78, 5) is 18.0. The summed E-state index contributed by atoms with van der Waals surface area (Å²) in [6.45, 7) is 3.98. The topological polar surface area (TPSA) is 68.5 Å². The summed E-state index contributed by atoms with van der Waals surface area (Å²) in [5, 5.41) is 0. The van der Waals surface area contributed by atoms with Crippen LogP contribution in [0.4, 0.5) is 5.82 Å². The van der Waals surface area contributed by atoms with Crippen LogP contribution in [0.3, 0.4) is 0 Å². The van der Waals surface area contributed by atoms with E-state index in [1.54, 1.807) is 23.2 Å². The predicted molar refractivity (Wildman–Crippen MR) is 64.6 cm³/mol. The predicted octanol–water partition coefficient (Wildman–Crippen LogP) is 0.915. The van der Waals surface area contributed by atoms with Gasteiger partial charge in [-0.15, -0.1) is 0 Å². The fourth-order valence-corrected chi connectivity index (χ4v) is 1.95. The van der Waals surface area contributed by atoms with Crippen molar-refractivity contribution in [3.8, 4) is 0 Å². The minimum atomic E-state index is -0.0621. The molecule has 92 valence electrons. The summed E-state index contributed by atoms with van der Waals surface area (Å²) in [7, 11) is 0. The molecule has 1 atom stereocenters. The van der Waals surface area contributed by atoms with Gasteiger partial charge in [0.15, 0.2) is 0 Å². The molecule has 1 unspecified atom stereocenters. The largest absolute Gasteiger partial charge is 0.383 e. The maximum absolute atomic E-state index is 12.3. The van der Waals surface area contributed by atoms with Crippen molar-refractivity contribution in [1.82, 2.24) is 9.88 Å². The number of rotatable bonds is 1. The van der Waals surface area contributed by atoms with Gasteiger partial charge in [0.1, 0.15) is 5.82 Å². The van der Waals surface area contributed by atoms with Crippen molar-refractivity contribution in [2.45, 2.75) is 19.4 Å². The van der Waals surface area contributed by atoms with Gasteiger partial charge in [-0.1, -0.05) is 0 Å². The van der Waals surface area contributed by atoms with E-state index in [0.717, 1.165) is 6.42 Å². The Kier molecular flexibility index (Phi) is 3.58. The highest BCUT2D eigenvalue weighted by atomic mass is 16.5. The van der Waals surface area contributed by atoms with Gasteiger partial charge in [0.05, 0.1) is 11.7 Å². The number of nitrogens with two attached hydrogens (primary N) is 1. The number of carbonyl (C=O) groups excluding carboxylic acids is 1. The molecule has 1 aromatic heterocycles. The summed E-state index contributed by atoms with van der Waals surface area (Å²) < 4.78 is 5.51. The van der Waals surface area contributed by atoms with Gasteiger partial charge in [-0.05, 0) is 25.5 Å². The number of amides is 1. The van der Waals surface area contributed by atoms with Crippen LogP contribution in [0.2, 0.25) is 0 Å². The molecule has 1 saturated heterocycles. The molecule has 17 heavy (non-hydrogen) atoms. The Morgan fingerprint density at radius 2 is 2.47 bits per heavy atom. The molecule has 1 aliphatic rings. The molecule has 2 heterocycles. The minimum absolute atomic E-state index is 0.0621. The van der Waals surface area contributed by atoms with E-state index in [2.05, 4.69) is 4.98 Å². The molecule has 1 aromatic rings. The number of ether oxygens (including phenoxy) is 1. The van der Waals surface area contributed by atoms with Crippen LogP contribution in [-0.4, -0.2) is 41.6 Å². The lowest BCUT2D eigenvalue weighted by Crippen LogP contribution is -2.36. The molecule has 0 spiro atoms. The van der Waals surface area contributed by atoms with Gasteiger partial charge in [0.25, 0.3) is 5.91 Å². The van der Waals surface area contributed by atoms with Crippen LogP contribution in [0.5, 0.6) is 0 Å². The third kappa shape index (κ3) is 2.74. The fraction of sp³-hybridized carbons (Fsp3) is 0.500. The summed E-state index contributed by atoms with van der Waals surface area (Å²) >= 11 is 0. The number of hydrogen-bond donors (Lipinski definition) is 1. The molecule has 5 heteroatoms. The summed E-state index contributed by atoms with van der Waals surface area (Å²) in [5.41, 5.74) is 6.19. The molecule has 0 radical (unpaired) electrons. The molecular formula is C12H17N3O2. The van der Waals surface area contributed by atoms with Gasteiger partial charge in [-0.3, -0.25) is 4.79 Å². The van der Waals surface area contributed by atoms with Gasteiger partial charge >= 0.3 is 0 Å². The van der Waals surface area contributed by atoms with Crippen molar-refractivity contribution in [3.05, 3.63) is 23.9 Å². The number of nitrogens with zero attached hydrogens (tertiary/aromatic N) is 2. The van der Waals surface area contributed by atoms with Crippen molar-refractivity contribution < 1.29 is 9.53 Å². The van der Waals surface area contributed by atoms with Gasteiger partial charge in [0.2, 0.25) is 0 Å². The molecule has 1 aliphatic heterocycles. The SMILES string of the molecule is CC1CN(C(=O)c2cccnc2N)CCCO1. The number of pyridine rings is 1.